The fourth-order valence-corrected chi connectivity index (χ4v) is 0.508. The third-order valence-electron chi connectivity index (χ3n) is 1.19. The molecule has 12 heavy (non-hydrogen) atoms. The minimum absolute atomic E-state index is 0.0589. The van der Waals surface area contributed by atoms with Gasteiger partial charge in [-0.2, -0.15) is 0 Å². The van der Waals surface area contributed by atoms with Crippen LogP contribution in [0.25, 0.3) is 0 Å². The Kier molecular flexibility index (Phi) is 4.71. The van der Waals surface area contributed by atoms with E-state index < -0.39 is 11.9 Å². The van der Waals surface area contributed by atoms with E-state index in [2.05, 4.69) is 5.32 Å². The highest BCUT2D eigenvalue weighted by Gasteiger charge is 1.97. The number of nitrogens with two attached hydrogens (primary N) is 1. The molecule has 0 aliphatic heterocycles. The maximum absolute atomic E-state index is 10.2. The van der Waals surface area contributed by atoms with Crippen molar-refractivity contribution in [3.05, 3.63) is 11.6 Å². The first-order valence-electron chi connectivity index (χ1n) is 3.43. The molecular weight excluding hydrogens is 160 g/mol. The van der Waals surface area contributed by atoms with Gasteiger partial charge in [0.05, 0.1) is 6.54 Å². The summed E-state index contributed by atoms with van der Waals surface area (Å²) in [6.45, 7) is 1.87. The van der Waals surface area contributed by atoms with E-state index in [4.69, 9.17) is 10.8 Å². The Morgan fingerprint density at radius 3 is 2.58 bits per heavy atom. The van der Waals surface area contributed by atoms with Crippen LogP contribution in [0.2, 0.25) is 0 Å². The van der Waals surface area contributed by atoms with Crippen molar-refractivity contribution in [3.8, 4) is 0 Å². The fourth-order valence-electron chi connectivity index (χ4n) is 0.508. The van der Waals surface area contributed by atoms with Gasteiger partial charge in [-0.05, 0) is 6.92 Å². The van der Waals surface area contributed by atoms with Crippen LogP contribution in [0.3, 0.4) is 0 Å². The van der Waals surface area contributed by atoms with Gasteiger partial charge in [-0.3, -0.25) is 4.79 Å². The molecule has 0 aromatic rings. The van der Waals surface area contributed by atoms with E-state index in [0.29, 0.717) is 6.54 Å². The molecule has 0 bridgehead atoms. The number of rotatable bonds is 5. The summed E-state index contributed by atoms with van der Waals surface area (Å²) in [5.74, 6) is -1.42. The lowest BCUT2D eigenvalue weighted by Crippen LogP contribution is -2.28. The van der Waals surface area contributed by atoms with Crippen LogP contribution >= 0.6 is 0 Å². The standard InChI is InChI=1S/C7H12N2O3/c1-5(7(11)12)2-3-9-4-6(8)10/h2,9H,3-4H2,1H3,(H2,8,10)(H,11,12). The quantitative estimate of drug-likeness (QED) is 0.370. The first-order valence-corrected chi connectivity index (χ1v) is 3.43. The Bertz CT molecular complexity index is 211. The molecule has 5 nitrogen and oxygen atoms in total. The molecule has 0 aromatic heterocycles. The third kappa shape index (κ3) is 5.43. The van der Waals surface area contributed by atoms with Crippen molar-refractivity contribution in [2.75, 3.05) is 13.1 Å². The molecule has 0 saturated heterocycles. The summed E-state index contributed by atoms with van der Waals surface area (Å²) in [6.07, 6.45) is 1.48. The maximum Gasteiger partial charge on any atom is 0.330 e. The molecule has 1 amide bonds. The van der Waals surface area contributed by atoms with E-state index in [9.17, 15) is 9.59 Å². The number of amides is 1. The van der Waals surface area contributed by atoms with Crippen molar-refractivity contribution in [1.82, 2.24) is 5.32 Å². The minimum Gasteiger partial charge on any atom is -0.478 e. The summed E-state index contributed by atoms with van der Waals surface area (Å²) in [7, 11) is 0. The van der Waals surface area contributed by atoms with Crippen LogP contribution in [0.1, 0.15) is 6.92 Å². The number of nitrogens with one attached hydrogen (secondary N) is 1. The first kappa shape index (κ1) is 10.6. The van der Waals surface area contributed by atoms with Crippen molar-refractivity contribution in [1.29, 1.82) is 0 Å². The molecule has 4 N–H and O–H groups in total. The molecule has 0 aliphatic rings. The van der Waals surface area contributed by atoms with Crippen LogP contribution in [0.15, 0.2) is 11.6 Å². The number of aliphatic carboxylic acids is 1. The van der Waals surface area contributed by atoms with E-state index in [1.807, 2.05) is 0 Å². The molecule has 0 fully saturated rings. The summed E-state index contributed by atoms with van der Waals surface area (Å²) in [5.41, 5.74) is 5.07. The molecular formula is C7H12N2O3. The number of carbonyl (C=O) groups excluding carboxylic acids is 1. The van der Waals surface area contributed by atoms with Crippen molar-refractivity contribution < 1.29 is 14.7 Å². The van der Waals surface area contributed by atoms with Crippen LogP contribution in [0, 0.1) is 0 Å². The zero-order chi connectivity index (χ0) is 9.56. The Hall–Kier alpha value is -1.36. The minimum atomic E-state index is -0.962. The van der Waals surface area contributed by atoms with Gasteiger partial charge in [0.15, 0.2) is 0 Å². The molecule has 5 heteroatoms. The summed E-state index contributed by atoms with van der Waals surface area (Å²) in [5, 5.41) is 11.1. The van der Waals surface area contributed by atoms with E-state index in [-0.39, 0.29) is 12.1 Å². The Balaban J connectivity index is 3.60. The first-order chi connectivity index (χ1) is 5.54. The highest BCUT2D eigenvalue weighted by molar-refractivity contribution is 5.85. The zero-order valence-corrected chi connectivity index (χ0v) is 6.83. The normalized spacial score (nSPS) is 11.2. The Morgan fingerprint density at radius 2 is 2.17 bits per heavy atom. The lowest BCUT2D eigenvalue weighted by atomic mass is 10.3. The number of carboxylic acid groups (broad SMARTS) is 1. The lowest BCUT2D eigenvalue weighted by molar-refractivity contribution is -0.132. The molecule has 0 unspecified atom stereocenters. The van der Waals surface area contributed by atoms with Crippen LogP contribution in [0.5, 0.6) is 0 Å². The molecule has 0 rings (SSSR count). The summed E-state index contributed by atoms with van der Waals surface area (Å²) < 4.78 is 0. The molecule has 0 aliphatic carbocycles. The summed E-state index contributed by atoms with van der Waals surface area (Å²) in [6, 6.07) is 0. The van der Waals surface area contributed by atoms with E-state index in [1.165, 1.54) is 13.0 Å². The van der Waals surface area contributed by atoms with Gasteiger partial charge in [-0.25, -0.2) is 4.79 Å². The second-order valence-electron chi connectivity index (χ2n) is 2.29. The molecule has 0 spiro atoms. The summed E-state index contributed by atoms with van der Waals surface area (Å²) >= 11 is 0. The molecule has 68 valence electrons. The predicted octanol–water partition coefficient (Wildman–Crippen LogP) is -0.908. The van der Waals surface area contributed by atoms with Gasteiger partial charge in [0.1, 0.15) is 0 Å². The molecule has 0 saturated carbocycles. The largest absolute Gasteiger partial charge is 0.478 e. The smallest absolute Gasteiger partial charge is 0.330 e. The molecule has 0 atom stereocenters. The molecule has 0 aromatic carbocycles. The van der Waals surface area contributed by atoms with E-state index in [1.54, 1.807) is 0 Å². The number of carbonyl (C=O) groups is 2. The lowest BCUT2D eigenvalue weighted by Gasteiger charge is -1.96. The van der Waals surface area contributed by atoms with E-state index in [0.717, 1.165) is 0 Å². The van der Waals surface area contributed by atoms with Crippen molar-refractivity contribution >= 4 is 11.9 Å². The van der Waals surface area contributed by atoms with Crippen LogP contribution in [0.4, 0.5) is 0 Å². The van der Waals surface area contributed by atoms with Crippen molar-refractivity contribution in [2.24, 2.45) is 5.73 Å². The van der Waals surface area contributed by atoms with Crippen molar-refractivity contribution in [2.45, 2.75) is 6.92 Å². The Morgan fingerprint density at radius 1 is 1.58 bits per heavy atom. The van der Waals surface area contributed by atoms with Crippen LogP contribution in [-0.4, -0.2) is 30.1 Å². The van der Waals surface area contributed by atoms with Gasteiger partial charge in [0.2, 0.25) is 5.91 Å². The zero-order valence-electron chi connectivity index (χ0n) is 6.83. The highest BCUT2D eigenvalue weighted by atomic mass is 16.4. The predicted molar refractivity (Wildman–Crippen MR) is 43.5 cm³/mol. The van der Waals surface area contributed by atoms with Gasteiger partial charge >= 0.3 is 5.97 Å². The van der Waals surface area contributed by atoms with Gasteiger partial charge in [0.25, 0.3) is 0 Å². The maximum atomic E-state index is 10.2. The average molecular weight is 172 g/mol. The van der Waals surface area contributed by atoms with Gasteiger partial charge in [0, 0.05) is 12.1 Å². The number of primary amides is 1. The number of carboxylic acids is 1. The SMILES string of the molecule is CC(=CCNCC(N)=O)C(=O)O. The summed E-state index contributed by atoms with van der Waals surface area (Å²) in [4.78, 5) is 20.4. The highest BCUT2D eigenvalue weighted by Crippen LogP contribution is 1.89. The van der Waals surface area contributed by atoms with Gasteiger partial charge < -0.3 is 16.2 Å². The topological polar surface area (TPSA) is 92.4 Å². The van der Waals surface area contributed by atoms with E-state index >= 15 is 0 Å². The van der Waals surface area contributed by atoms with Crippen LogP contribution < -0.4 is 11.1 Å². The number of hydrogen-bond donors (Lipinski definition) is 3. The third-order valence-corrected chi connectivity index (χ3v) is 1.19. The second-order valence-corrected chi connectivity index (χ2v) is 2.29. The second kappa shape index (κ2) is 5.31. The fraction of sp³-hybridized carbons (Fsp3) is 0.429. The average Bonchev–Trinajstić information content (AvgIpc) is 1.97. The van der Waals surface area contributed by atoms with Crippen LogP contribution in [-0.2, 0) is 9.59 Å². The molecule has 0 radical (unpaired) electrons. The Labute approximate surface area is 70.2 Å². The molecule has 0 heterocycles. The monoisotopic (exact) mass is 172 g/mol. The van der Waals surface area contributed by atoms with Gasteiger partial charge in [-0.15, -0.1) is 0 Å². The van der Waals surface area contributed by atoms with Crippen molar-refractivity contribution in [3.63, 3.8) is 0 Å². The number of hydrogen-bond acceptors (Lipinski definition) is 3. The van der Waals surface area contributed by atoms with Gasteiger partial charge in [-0.1, -0.05) is 6.08 Å².